The molecule has 0 aromatic carbocycles. The van der Waals surface area contributed by atoms with Crippen molar-refractivity contribution in [1.82, 2.24) is 19.9 Å². The quantitative estimate of drug-likeness (QED) is 0.830. The van der Waals surface area contributed by atoms with Gasteiger partial charge in [-0.15, -0.1) is 0 Å². The Morgan fingerprint density at radius 2 is 2.17 bits per heavy atom. The summed E-state index contributed by atoms with van der Waals surface area (Å²) in [5.41, 5.74) is -0.378. The molecule has 0 radical (unpaired) electrons. The molecule has 0 unspecified atom stereocenters. The SMILES string of the molecule is Cn1ccnc1CNC(=O)c1ccnc(F)c1F. The second kappa shape index (κ2) is 4.91. The monoisotopic (exact) mass is 252 g/mol. The van der Waals surface area contributed by atoms with Gasteiger partial charge in [0.25, 0.3) is 5.91 Å². The lowest BCUT2D eigenvalue weighted by Gasteiger charge is -2.06. The molecule has 5 nitrogen and oxygen atoms in total. The van der Waals surface area contributed by atoms with Crippen LogP contribution in [0.5, 0.6) is 0 Å². The maximum Gasteiger partial charge on any atom is 0.254 e. The van der Waals surface area contributed by atoms with E-state index in [4.69, 9.17) is 0 Å². The number of aromatic nitrogens is 3. The van der Waals surface area contributed by atoms with Crippen molar-refractivity contribution in [2.45, 2.75) is 6.54 Å². The topological polar surface area (TPSA) is 59.8 Å². The lowest BCUT2D eigenvalue weighted by atomic mass is 10.2. The van der Waals surface area contributed by atoms with Crippen LogP contribution in [0, 0.1) is 11.8 Å². The number of halogens is 2. The van der Waals surface area contributed by atoms with E-state index in [0.29, 0.717) is 5.82 Å². The molecule has 7 heteroatoms. The van der Waals surface area contributed by atoms with Gasteiger partial charge in [0.05, 0.1) is 12.1 Å². The summed E-state index contributed by atoms with van der Waals surface area (Å²) in [4.78, 5) is 18.7. The zero-order valence-corrected chi connectivity index (χ0v) is 9.52. The van der Waals surface area contributed by atoms with E-state index in [2.05, 4.69) is 15.3 Å². The molecule has 0 spiro atoms. The number of imidazole rings is 1. The Morgan fingerprint density at radius 1 is 1.39 bits per heavy atom. The van der Waals surface area contributed by atoms with Crippen LogP contribution in [0.4, 0.5) is 8.78 Å². The van der Waals surface area contributed by atoms with Crippen molar-refractivity contribution in [2.75, 3.05) is 0 Å². The summed E-state index contributed by atoms with van der Waals surface area (Å²) in [5, 5.41) is 2.45. The minimum atomic E-state index is -1.29. The Kier molecular flexibility index (Phi) is 3.31. The highest BCUT2D eigenvalue weighted by atomic mass is 19.2. The van der Waals surface area contributed by atoms with Crippen molar-refractivity contribution in [1.29, 1.82) is 0 Å². The van der Waals surface area contributed by atoms with Gasteiger partial charge < -0.3 is 9.88 Å². The van der Waals surface area contributed by atoms with Crippen LogP contribution < -0.4 is 5.32 Å². The molecule has 18 heavy (non-hydrogen) atoms. The minimum absolute atomic E-state index is 0.131. The van der Waals surface area contributed by atoms with Gasteiger partial charge in [-0.25, -0.2) is 14.4 Å². The third-order valence-electron chi connectivity index (χ3n) is 2.42. The summed E-state index contributed by atoms with van der Waals surface area (Å²) < 4.78 is 27.8. The number of rotatable bonds is 3. The number of hydrogen-bond acceptors (Lipinski definition) is 3. The number of nitrogens with zero attached hydrogens (tertiary/aromatic N) is 3. The first-order valence-corrected chi connectivity index (χ1v) is 5.14. The maximum absolute atomic E-state index is 13.3. The zero-order valence-electron chi connectivity index (χ0n) is 9.52. The van der Waals surface area contributed by atoms with Gasteiger partial charge in [-0.05, 0) is 6.07 Å². The van der Waals surface area contributed by atoms with E-state index in [-0.39, 0.29) is 12.1 Å². The summed E-state index contributed by atoms with van der Waals surface area (Å²) in [6.07, 6.45) is 4.33. The van der Waals surface area contributed by atoms with Crippen molar-refractivity contribution in [3.63, 3.8) is 0 Å². The Bertz CT molecular complexity index is 582. The highest BCUT2D eigenvalue weighted by molar-refractivity contribution is 5.94. The summed E-state index contributed by atoms with van der Waals surface area (Å²) in [5.74, 6) is -2.65. The lowest BCUT2D eigenvalue weighted by molar-refractivity contribution is 0.0944. The molecule has 0 saturated heterocycles. The molecule has 1 N–H and O–H groups in total. The fourth-order valence-electron chi connectivity index (χ4n) is 1.41. The van der Waals surface area contributed by atoms with E-state index in [1.807, 2.05) is 0 Å². The predicted octanol–water partition coefficient (Wildman–Crippen LogP) is 1.02. The van der Waals surface area contributed by atoms with E-state index < -0.39 is 17.7 Å². The molecule has 2 aromatic heterocycles. The Balaban J connectivity index is 2.09. The highest BCUT2D eigenvalue weighted by Crippen LogP contribution is 2.08. The van der Waals surface area contributed by atoms with Gasteiger partial charge in [0.15, 0.2) is 5.82 Å². The third-order valence-corrected chi connectivity index (χ3v) is 2.42. The van der Waals surface area contributed by atoms with E-state index in [1.165, 1.54) is 0 Å². The van der Waals surface area contributed by atoms with E-state index in [9.17, 15) is 13.6 Å². The average molecular weight is 252 g/mol. The van der Waals surface area contributed by atoms with Gasteiger partial charge in [-0.2, -0.15) is 4.39 Å². The fraction of sp³-hybridized carbons (Fsp3) is 0.182. The highest BCUT2D eigenvalue weighted by Gasteiger charge is 2.16. The molecule has 2 rings (SSSR count). The van der Waals surface area contributed by atoms with Crippen molar-refractivity contribution >= 4 is 5.91 Å². The van der Waals surface area contributed by atoms with Crippen LogP contribution in [-0.2, 0) is 13.6 Å². The Morgan fingerprint density at radius 3 is 2.83 bits per heavy atom. The first-order chi connectivity index (χ1) is 8.59. The lowest BCUT2D eigenvalue weighted by Crippen LogP contribution is -2.25. The number of carbonyl (C=O) groups is 1. The molecule has 0 aliphatic heterocycles. The normalized spacial score (nSPS) is 10.4. The van der Waals surface area contributed by atoms with Crippen LogP contribution in [0.2, 0.25) is 0 Å². The smallest absolute Gasteiger partial charge is 0.254 e. The Labute approximate surface area is 101 Å². The molecule has 0 aliphatic carbocycles. The predicted molar refractivity (Wildman–Crippen MR) is 58.5 cm³/mol. The van der Waals surface area contributed by atoms with Crippen molar-refractivity contribution in [3.8, 4) is 0 Å². The summed E-state index contributed by atoms with van der Waals surface area (Å²) in [6, 6.07) is 1.12. The second-order valence-corrected chi connectivity index (χ2v) is 3.60. The molecule has 2 heterocycles. The number of hydrogen-bond donors (Lipinski definition) is 1. The molecule has 2 aromatic rings. The first kappa shape index (κ1) is 12.2. The van der Waals surface area contributed by atoms with E-state index in [0.717, 1.165) is 12.3 Å². The van der Waals surface area contributed by atoms with Gasteiger partial charge >= 0.3 is 0 Å². The number of pyridine rings is 1. The summed E-state index contributed by atoms with van der Waals surface area (Å²) >= 11 is 0. The number of carbonyl (C=O) groups excluding carboxylic acids is 1. The van der Waals surface area contributed by atoms with Gasteiger partial charge in [0, 0.05) is 25.6 Å². The van der Waals surface area contributed by atoms with Crippen LogP contribution in [0.3, 0.4) is 0 Å². The number of aryl methyl sites for hydroxylation is 1. The van der Waals surface area contributed by atoms with Crippen LogP contribution >= 0.6 is 0 Å². The van der Waals surface area contributed by atoms with E-state index in [1.54, 1.807) is 24.0 Å². The first-order valence-electron chi connectivity index (χ1n) is 5.14. The van der Waals surface area contributed by atoms with Crippen molar-refractivity contribution in [3.05, 3.63) is 47.8 Å². The van der Waals surface area contributed by atoms with Gasteiger partial charge in [0.2, 0.25) is 5.95 Å². The number of nitrogens with one attached hydrogen (secondary N) is 1. The van der Waals surface area contributed by atoms with Gasteiger partial charge in [-0.3, -0.25) is 4.79 Å². The number of amides is 1. The summed E-state index contributed by atoms with van der Waals surface area (Å²) in [6.45, 7) is 0.131. The van der Waals surface area contributed by atoms with Crippen LogP contribution in [0.25, 0.3) is 0 Å². The average Bonchev–Trinajstić information content (AvgIpc) is 2.75. The zero-order chi connectivity index (χ0) is 13.1. The van der Waals surface area contributed by atoms with Crippen LogP contribution in [-0.4, -0.2) is 20.4 Å². The third kappa shape index (κ3) is 2.34. The maximum atomic E-state index is 13.3. The largest absolute Gasteiger partial charge is 0.345 e. The molecule has 0 saturated carbocycles. The standard InChI is InChI=1S/C11H10F2N4O/c1-17-5-4-14-8(17)6-16-11(18)7-2-3-15-10(13)9(7)12/h2-5H,6H2,1H3,(H,16,18). The molecular formula is C11H10F2N4O. The van der Waals surface area contributed by atoms with Gasteiger partial charge in [-0.1, -0.05) is 0 Å². The summed E-state index contributed by atoms with van der Waals surface area (Å²) in [7, 11) is 1.77. The van der Waals surface area contributed by atoms with Gasteiger partial charge in [0.1, 0.15) is 5.82 Å². The molecular weight excluding hydrogens is 242 g/mol. The van der Waals surface area contributed by atoms with Crippen LogP contribution in [0.15, 0.2) is 24.7 Å². The molecule has 1 amide bonds. The van der Waals surface area contributed by atoms with E-state index >= 15 is 0 Å². The van der Waals surface area contributed by atoms with Crippen LogP contribution in [0.1, 0.15) is 16.2 Å². The fourth-order valence-corrected chi connectivity index (χ4v) is 1.41. The van der Waals surface area contributed by atoms with Crippen molar-refractivity contribution in [2.24, 2.45) is 7.05 Å². The van der Waals surface area contributed by atoms with Crippen molar-refractivity contribution < 1.29 is 13.6 Å². The Hall–Kier alpha value is -2.31. The molecule has 0 fully saturated rings. The molecule has 0 aliphatic rings. The minimum Gasteiger partial charge on any atom is -0.345 e. The second-order valence-electron chi connectivity index (χ2n) is 3.60. The molecule has 0 atom stereocenters. The molecule has 0 bridgehead atoms. The molecule has 94 valence electrons.